The minimum absolute atomic E-state index is 0.0108. The van der Waals surface area contributed by atoms with E-state index in [1.54, 1.807) is 13.1 Å². The normalized spacial score (nSPS) is 13.0. The lowest BCUT2D eigenvalue weighted by molar-refractivity contribution is -0.153. The van der Waals surface area contributed by atoms with Crippen LogP contribution in [-0.2, 0) is 32.7 Å². The van der Waals surface area contributed by atoms with Crippen LogP contribution in [0.5, 0.6) is 0 Å². The van der Waals surface area contributed by atoms with E-state index in [1.165, 1.54) is 12.1 Å². The third kappa shape index (κ3) is 11.3. The Labute approximate surface area is 306 Å². The summed E-state index contributed by atoms with van der Waals surface area (Å²) >= 11 is 0. The number of hydrogen-bond donors (Lipinski definition) is 4. The van der Waals surface area contributed by atoms with E-state index in [0.717, 1.165) is 18.2 Å². The van der Waals surface area contributed by atoms with Crippen LogP contribution in [0.15, 0.2) is 59.0 Å². The lowest BCUT2D eigenvalue weighted by Crippen LogP contribution is -2.26. The van der Waals surface area contributed by atoms with Crippen molar-refractivity contribution in [2.24, 2.45) is 5.73 Å². The van der Waals surface area contributed by atoms with Gasteiger partial charge in [-0.25, -0.2) is 13.9 Å². The maximum absolute atomic E-state index is 13.5. The number of hydrogen-bond acceptors (Lipinski definition) is 11. The molecule has 0 bridgehead atoms. The van der Waals surface area contributed by atoms with Gasteiger partial charge in [-0.3, -0.25) is 23.4 Å². The molecule has 53 heavy (non-hydrogen) atoms. The van der Waals surface area contributed by atoms with Crippen LogP contribution in [0.1, 0.15) is 59.2 Å². The number of phosphoric ester groups is 1. The van der Waals surface area contributed by atoms with Gasteiger partial charge in [-0.15, -0.1) is 0 Å². The fourth-order valence-corrected chi connectivity index (χ4v) is 6.00. The maximum Gasteiger partial charge on any atom is 0.471 e. The molecule has 0 saturated carbocycles. The summed E-state index contributed by atoms with van der Waals surface area (Å²) in [6.45, 7) is -0.134. The van der Waals surface area contributed by atoms with Crippen molar-refractivity contribution in [2.45, 2.75) is 44.6 Å². The van der Waals surface area contributed by atoms with Crippen LogP contribution in [-0.4, -0.2) is 87.8 Å². The highest BCUT2D eigenvalue weighted by Crippen LogP contribution is 2.43. The van der Waals surface area contributed by atoms with Crippen molar-refractivity contribution >= 4 is 48.1 Å². The number of phosphoric acid groups is 1. The highest BCUT2D eigenvalue weighted by atomic mass is 31.2. The number of primary amides is 1. The summed E-state index contributed by atoms with van der Waals surface area (Å²) in [5.41, 5.74) is 8.55. The molecule has 2 atom stereocenters. The molecule has 284 valence electrons. The lowest BCUT2D eigenvalue weighted by atomic mass is 9.88. The topological polar surface area (TPSA) is 217 Å². The van der Waals surface area contributed by atoms with E-state index in [1.807, 2.05) is 55.1 Å². The molecule has 2 unspecified atom stereocenters. The van der Waals surface area contributed by atoms with E-state index in [4.69, 9.17) is 24.1 Å². The van der Waals surface area contributed by atoms with Crippen LogP contribution < -0.4 is 21.0 Å². The summed E-state index contributed by atoms with van der Waals surface area (Å²) in [6.07, 6.45) is -0.205. The molecular weight excluding hydrogens is 709 g/mol. The number of ketones is 1. The smallest absolute Gasteiger partial charge is 0.471 e. The molecule has 2 aromatic rings. The number of rotatable bonds is 20. The minimum atomic E-state index is -4.24. The molecule has 1 heterocycles. The number of esters is 1. The maximum atomic E-state index is 13.5. The van der Waals surface area contributed by atoms with Crippen LogP contribution in [0.25, 0.3) is 33.4 Å². The van der Waals surface area contributed by atoms with Gasteiger partial charge < -0.3 is 34.9 Å². The number of carboxylic acids is 1. The van der Waals surface area contributed by atoms with E-state index >= 15 is 0 Å². The molecule has 1 aliphatic heterocycles. The van der Waals surface area contributed by atoms with E-state index in [2.05, 4.69) is 9.84 Å². The molecular formula is C37H45N3O12P+. The third-order valence-electron chi connectivity index (χ3n) is 8.40. The Bertz CT molecular complexity index is 2060. The molecule has 0 spiro atoms. The van der Waals surface area contributed by atoms with Crippen molar-refractivity contribution < 1.29 is 56.7 Å². The zero-order valence-corrected chi connectivity index (χ0v) is 31.0. The van der Waals surface area contributed by atoms with Crippen LogP contribution >= 0.6 is 7.82 Å². The number of carboxylic acid groups (broad SMARTS) is 1. The first-order chi connectivity index (χ1) is 25.2. The summed E-state index contributed by atoms with van der Waals surface area (Å²) in [5.74, 6) is -2.12. The van der Waals surface area contributed by atoms with Crippen molar-refractivity contribution in [3.63, 3.8) is 0 Å². The predicted octanol–water partition coefficient (Wildman–Crippen LogP) is 4.68. The number of fused-ring (bicyclic) bond motifs is 2. The number of nitrogens with zero attached hydrogens (tertiary/aromatic N) is 1. The number of nitrogens with two attached hydrogens (primary N) is 1. The van der Waals surface area contributed by atoms with Gasteiger partial charge in [0.25, 0.3) is 0 Å². The molecule has 0 radical (unpaired) electrons. The van der Waals surface area contributed by atoms with Crippen LogP contribution in [0.4, 0.5) is 5.69 Å². The largest absolute Gasteiger partial charge is 0.478 e. The van der Waals surface area contributed by atoms with Gasteiger partial charge in [0.05, 0.1) is 31.3 Å². The van der Waals surface area contributed by atoms with Crippen molar-refractivity contribution in [1.82, 2.24) is 4.58 Å². The number of carbonyl (C=O) groups excluding carboxylic acids is 3. The Morgan fingerprint density at radius 1 is 0.962 bits per heavy atom. The molecule has 1 aliphatic carbocycles. The Hall–Kier alpha value is -4.92. The van der Waals surface area contributed by atoms with Gasteiger partial charge in [0, 0.05) is 79.9 Å². The third-order valence-corrected chi connectivity index (χ3v) is 9.37. The highest BCUT2D eigenvalue weighted by Gasteiger charge is 2.24. The van der Waals surface area contributed by atoms with Gasteiger partial charge in [-0.2, -0.15) is 0 Å². The SMILES string of the molecule is CNc1ccc2c(-c3cc(C(=O)CCCCOCC(CCOP(=O)(O)OC)OC(=O)CCC(N)=O)ccc3C(=O)O)c3ccc(=[N+](C)C)cc-3oc2c1. The van der Waals surface area contributed by atoms with Gasteiger partial charge in [0.1, 0.15) is 31.5 Å². The second-order valence-corrected chi connectivity index (χ2v) is 13.9. The van der Waals surface area contributed by atoms with Crippen LogP contribution in [0.2, 0.25) is 0 Å². The average Bonchev–Trinajstić information content (AvgIpc) is 3.13. The fourth-order valence-electron chi connectivity index (χ4n) is 5.56. The van der Waals surface area contributed by atoms with Gasteiger partial charge in [-0.05, 0) is 48.7 Å². The summed E-state index contributed by atoms with van der Waals surface area (Å²) in [4.78, 5) is 58.6. The number of aromatic carboxylic acids is 1. The van der Waals surface area contributed by atoms with E-state index in [9.17, 15) is 33.7 Å². The minimum Gasteiger partial charge on any atom is -0.478 e. The molecule has 15 nitrogen and oxygen atoms in total. The van der Waals surface area contributed by atoms with Gasteiger partial charge >= 0.3 is 19.8 Å². The summed E-state index contributed by atoms with van der Waals surface area (Å²) < 4.78 is 40.1. The summed E-state index contributed by atoms with van der Waals surface area (Å²) in [5, 5.41) is 14.9. The molecule has 0 aromatic heterocycles. The van der Waals surface area contributed by atoms with Crippen LogP contribution in [0, 0.1) is 0 Å². The lowest BCUT2D eigenvalue weighted by Gasteiger charge is -2.19. The van der Waals surface area contributed by atoms with E-state index in [-0.39, 0.29) is 56.9 Å². The molecule has 5 N–H and O–H groups in total. The van der Waals surface area contributed by atoms with Gasteiger partial charge in [-0.1, -0.05) is 6.07 Å². The number of nitrogens with one attached hydrogen (secondary N) is 1. The highest BCUT2D eigenvalue weighted by molar-refractivity contribution is 7.47. The Kier molecular flexibility index (Phi) is 14.4. The first-order valence-electron chi connectivity index (χ1n) is 16.9. The number of anilines is 1. The predicted molar refractivity (Wildman–Crippen MR) is 197 cm³/mol. The Morgan fingerprint density at radius 2 is 1.74 bits per heavy atom. The summed E-state index contributed by atoms with van der Waals surface area (Å²) in [7, 11) is 2.40. The van der Waals surface area contributed by atoms with E-state index in [0.29, 0.717) is 51.8 Å². The second-order valence-electron chi connectivity index (χ2n) is 12.4. The summed E-state index contributed by atoms with van der Waals surface area (Å²) in [6, 6.07) is 15.9. The molecule has 0 fully saturated rings. The molecule has 16 heteroatoms. The van der Waals surface area contributed by atoms with E-state index < -0.39 is 31.8 Å². The number of carbonyl (C=O) groups is 4. The quantitative estimate of drug-likeness (QED) is 0.0241. The molecule has 4 rings (SSSR count). The zero-order valence-electron chi connectivity index (χ0n) is 30.1. The van der Waals surface area contributed by atoms with Crippen molar-refractivity contribution in [3.8, 4) is 22.5 Å². The monoisotopic (exact) mass is 754 g/mol. The number of ether oxygens (including phenoxy) is 2. The zero-order chi connectivity index (χ0) is 38.7. The van der Waals surface area contributed by atoms with Gasteiger partial charge in [0.2, 0.25) is 11.3 Å². The number of benzene rings is 3. The van der Waals surface area contributed by atoms with Crippen molar-refractivity contribution in [2.75, 3.05) is 53.4 Å². The molecule has 2 aliphatic rings. The fraction of sp³-hybridized carbons (Fsp3) is 0.378. The second kappa shape index (κ2) is 18.7. The van der Waals surface area contributed by atoms with Crippen molar-refractivity contribution in [3.05, 3.63) is 71.1 Å². The van der Waals surface area contributed by atoms with Crippen LogP contribution in [0.3, 0.4) is 0 Å². The first-order valence-corrected chi connectivity index (χ1v) is 18.4. The molecule has 0 saturated heterocycles. The molecule has 1 amide bonds. The number of unbranched alkanes of at least 4 members (excludes halogenated alkanes) is 1. The van der Waals surface area contributed by atoms with Crippen molar-refractivity contribution in [1.29, 1.82) is 0 Å². The number of Topliss-reactive ketones (excluding diaryl/α,β-unsaturated/α-hetero) is 1. The Morgan fingerprint density at radius 3 is 2.42 bits per heavy atom. The van der Waals surface area contributed by atoms with Gasteiger partial charge in [0.15, 0.2) is 5.78 Å². The first kappa shape index (κ1) is 40.8. The standard InChI is InChI=1S/C37H44N3O12P/c1-39-24-9-12-28-32(20-24)52-33-21-25(40(2)3)10-13-29(33)36(28)30-19-23(8-11-27(30)37(44)45)31(41)7-5-6-17-49-22-26(16-18-50-53(46,47)48-4)51-35(43)15-14-34(38)42/h8-13,19-21,26H,5-7,14-18,22H2,1-4H3,(H4,38,42,44,45,46,47)/p+1. The average molecular weight is 755 g/mol. The Balaban J connectivity index is 1.48. The molecule has 2 aromatic carbocycles. The number of amides is 1.